The minimum absolute atomic E-state index is 0.158. The monoisotopic (exact) mass is 393 g/mol. The Morgan fingerprint density at radius 1 is 1.38 bits per heavy atom. The average molecular weight is 394 g/mol. The lowest BCUT2D eigenvalue weighted by molar-refractivity contribution is -0.0498. The van der Waals surface area contributed by atoms with Gasteiger partial charge in [0.15, 0.2) is 0 Å². The van der Waals surface area contributed by atoms with E-state index in [0.29, 0.717) is 34.3 Å². The van der Waals surface area contributed by atoms with Gasteiger partial charge >= 0.3 is 0 Å². The number of amides is 1. The number of thioether (sulfide) groups is 1. The predicted octanol–water partition coefficient (Wildman–Crippen LogP) is 3.09. The van der Waals surface area contributed by atoms with Crippen molar-refractivity contribution < 1.29 is 9.53 Å². The Morgan fingerprint density at radius 3 is 3.08 bits per heavy atom. The Kier molecular flexibility index (Phi) is 5.84. The van der Waals surface area contributed by atoms with Crippen LogP contribution in [0.2, 0.25) is 5.02 Å². The molecule has 7 heteroatoms. The third-order valence-electron chi connectivity index (χ3n) is 5.48. The van der Waals surface area contributed by atoms with Gasteiger partial charge in [0.1, 0.15) is 6.23 Å². The van der Waals surface area contributed by atoms with E-state index in [1.807, 2.05) is 29.4 Å². The third kappa shape index (κ3) is 4.09. The number of halogens is 1. The molecular weight excluding hydrogens is 370 g/mol. The van der Waals surface area contributed by atoms with Crippen LogP contribution >= 0.6 is 23.4 Å². The number of hydrogen-bond donors (Lipinski definition) is 2. The maximum absolute atomic E-state index is 12.4. The average Bonchev–Trinajstić information content (AvgIpc) is 3.01. The molecule has 3 aliphatic rings. The van der Waals surface area contributed by atoms with Crippen LogP contribution < -0.4 is 10.6 Å². The maximum Gasteiger partial charge on any atom is 0.252 e. The number of benzene rings is 1. The lowest BCUT2D eigenvalue weighted by Crippen LogP contribution is -2.47. The summed E-state index contributed by atoms with van der Waals surface area (Å²) in [5.41, 5.74) is 2.48. The number of nitrogens with one attached hydrogen (secondary N) is 2. The molecule has 1 amide bonds. The minimum Gasteiger partial charge on any atom is -0.358 e. The number of nitrogens with zero attached hydrogens (tertiary/aromatic N) is 1. The van der Waals surface area contributed by atoms with Crippen LogP contribution in [0.15, 0.2) is 29.3 Å². The smallest absolute Gasteiger partial charge is 0.252 e. The highest BCUT2D eigenvalue weighted by Crippen LogP contribution is 2.37. The molecule has 1 aliphatic carbocycles. The van der Waals surface area contributed by atoms with Gasteiger partial charge in [0.05, 0.1) is 35.3 Å². The summed E-state index contributed by atoms with van der Waals surface area (Å²) in [5.74, 6) is 0.360. The topological polar surface area (TPSA) is 62.7 Å². The van der Waals surface area contributed by atoms with Crippen molar-refractivity contribution in [2.24, 2.45) is 10.9 Å². The molecule has 0 aromatic heterocycles. The van der Waals surface area contributed by atoms with Crippen LogP contribution in [0.3, 0.4) is 0 Å². The Bertz CT molecular complexity index is 679. The molecule has 2 N–H and O–H groups in total. The summed E-state index contributed by atoms with van der Waals surface area (Å²) in [5, 5.41) is 7.57. The van der Waals surface area contributed by atoms with E-state index in [0.717, 1.165) is 19.4 Å². The van der Waals surface area contributed by atoms with Crippen molar-refractivity contribution in [3.63, 3.8) is 0 Å². The molecule has 1 aromatic rings. The molecular formula is C19H24ClN3O2S. The summed E-state index contributed by atoms with van der Waals surface area (Å²) in [7, 11) is 0. The first kappa shape index (κ1) is 18.3. The normalized spacial score (nSPS) is 33.7. The molecule has 5 nitrogen and oxygen atoms in total. The number of carbonyl (C=O) groups is 1. The van der Waals surface area contributed by atoms with Crippen molar-refractivity contribution in [2.75, 3.05) is 13.1 Å². The Hall–Kier alpha value is -1.08. The first-order valence-electron chi connectivity index (χ1n) is 9.28. The van der Waals surface area contributed by atoms with Gasteiger partial charge in [-0.25, -0.2) is 0 Å². The predicted molar refractivity (Wildman–Crippen MR) is 106 cm³/mol. The molecule has 1 saturated heterocycles. The lowest BCUT2D eigenvalue weighted by Gasteiger charge is -2.30. The van der Waals surface area contributed by atoms with Gasteiger partial charge in [-0.2, -0.15) is 0 Å². The van der Waals surface area contributed by atoms with Gasteiger partial charge in [-0.1, -0.05) is 23.7 Å². The van der Waals surface area contributed by atoms with Crippen LogP contribution in [0.5, 0.6) is 0 Å². The van der Waals surface area contributed by atoms with E-state index < -0.39 is 0 Å². The van der Waals surface area contributed by atoms with Crippen molar-refractivity contribution >= 4 is 34.8 Å². The van der Waals surface area contributed by atoms with Crippen molar-refractivity contribution in [1.82, 2.24) is 10.6 Å². The molecule has 2 bridgehead atoms. The van der Waals surface area contributed by atoms with E-state index in [2.05, 4.69) is 15.6 Å². The van der Waals surface area contributed by atoms with Crippen LogP contribution in [0.25, 0.3) is 0 Å². The fourth-order valence-electron chi connectivity index (χ4n) is 4.18. The van der Waals surface area contributed by atoms with E-state index in [4.69, 9.17) is 16.3 Å². The first-order valence-corrected chi connectivity index (χ1v) is 10.6. The van der Waals surface area contributed by atoms with Crippen LogP contribution in [-0.4, -0.2) is 48.2 Å². The number of fused-ring (bicyclic) bond motifs is 3. The van der Waals surface area contributed by atoms with Crippen LogP contribution in [-0.2, 0) is 4.74 Å². The van der Waals surface area contributed by atoms with Gasteiger partial charge in [-0.15, -0.1) is 11.8 Å². The molecule has 1 aromatic carbocycles. The number of ether oxygens (including phenoxy) is 1. The second kappa shape index (κ2) is 8.30. The van der Waals surface area contributed by atoms with E-state index >= 15 is 0 Å². The van der Waals surface area contributed by atoms with Gasteiger partial charge in [0, 0.05) is 17.2 Å². The zero-order valence-corrected chi connectivity index (χ0v) is 16.1. The minimum atomic E-state index is -0.160. The zero-order valence-electron chi connectivity index (χ0n) is 14.6. The molecule has 0 spiro atoms. The van der Waals surface area contributed by atoms with Crippen molar-refractivity contribution in [3.8, 4) is 0 Å². The fraction of sp³-hybridized carbons (Fsp3) is 0.579. The van der Waals surface area contributed by atoms with E-state index in [-0.39, 0.29) is 18.2 Å². The number of carbonyl (C=O) groups excluding carboxylic acids is 1. The number of rotatable bonds is 4. The van der Waals surface area contributed by atoms with Crippen LogP contribution in [0.1, 0.15) is 36.0 Å². The standard InChI is InChI=1S/C19H24ClN3O2S/c20-15-6-2-1-5-13(15)19(24)22-10-18-23-12-4-3-7-16(25-18)14(8-12)17-9-21-11-26-17/h1-2,5-6,11-12,14,16-18,23H,3-4,7-10H2,(H,22,24). The summed E-state index contributed by atoms with van der Waals surface area (Å²) in [6.07, 6.45) is 4.65. The molecule has 2 heterocycles. The summed E-state index contributed by atoms with van der Waals surface area (Å²) in [6.45, 7) is 1.34. The zero-order chi connectivity index (χ0) is 17.9. The molecule has 5 unspecified atom stereocenters. The summed E-state index contributed by atoms with van der Waals surface area (Å²) >= 11 is 7.96. The summed E-state index contributed by atoms with van der Waals surface area (Å²) in [4.78, 5) is 16.8. The van der Waals surface area contributed by atoms with Crippen LogP contribution in [0, 0.1) is 5.92 Å². The molecule has 2 fully saturated rings. The Morgan fingerprint density at radius 2 is 2.27 bits per heavy atom. The number of aliphatic imine (C=N–C) groups is 1. The lowest BCUT2D eigenvalue weighted by atomic mass is 9.92. The van der Waals surface area contributed by atoms with Gasteiger partial charge in [0.2, 0.25) is 0 Å². The fourth-order valence-corrected chi connectivity index (χ4v) is 5.39. The van der Waals surface area contributed by atoms with Gasteiger partial charge in [0.25, 0.3) is 5.91 Å². The molecule has 0 radical (unpaired) electrons. The van der Waals surface area contributed by atoms with E-state index in [1.54, 1.807) is 12.1 Å². The van der Waals surface area contributed by atoms with Gasteiger partial charge in [-0.05, 0) is 37.8 Å². The molecule has 4 rings (SSSR count). The van der Waals surface area contributed by atoms with Crippen molar-refractivity contribution in [1.29, 1.82) is 0 Å². The largest absolute Gasteiger partial charge is 0.358 e. The molecule has 2 aliphatic heterocycles. The maximum atomic E-state index is 12.4. The highest BCUT2D eigenvalue weighted by molar-refractivity contribution is 8.12. The quantitative estimate of drug-likeness (QED) is 0.825. The molecule has 140 valence electrons. The van der Waals surface area contributed by atoms with Crippen LogP contribution in [0.4, 0.5) is 0 Å². The Labute approximate surface area is 163 Å². The van der Waals surface area contributed by atoms with Crippen molar-refractivity contribution in [3.05, 3.63) is 34.9 Å². The second-order valence-electron chi connectivity index (χ2n) is 7.19. The second-order valence-corrected chi connectivity index (χ2v) is 8.69. The van der Waals surface area contributed by atoms with Crippen molar-refractivity contribution in [2.45, 2.75) is 49.3 Å². The molecule has 26 heavy (non-hydrogen) atoms. The highest BCUT2D eigenvalue weighted by atomic mass is 35.5. The summed E-state index contributed by atoms with van der Waals surface area (Å²) < 4.78 is 6.40. The van der Waals surface area contributed by atoms with E-state index in [9.17, 15) is 4.79 Å². The summed E-state index contributed by atoms with van der Waals surface area (Å²) in [6, 6.07) is 7.54. The van der Waals surface area contributed by atoms with Gasteiger partial charge < -0.3 is 10.1 Å². The highest BCUT2D eigenvalue weighted by Gasteiger charge is 2.40. The van der Waals surface area contributed by atoms with Gasteiger partial charge in [-0.3, -0.25) is 15.1 Å². The Balaban J connectivity index is 1.39. The first-order chi connectivity index (χ1) is 12.7. The number of hydrogen-bond acceptors (Lipinski definition) is 5. The van der Waals surface area contributed by atoms with E-state index in [1.165, 1.54) is 12.8 Å². The third-order valence-corrected chi connectivity index (χ3v) is 6.92. The SMILES string of the molecule is O=C(NCC1NC2CCCC(O1)C(C1CN=CS1)C2)c1ccccc1Cl. The molecule has 5 atom stereocenters. The molecule has 1 saturated carbocycles.